The summed E-state index contributed by atoms with van der Waals surface area (Å²) < 4.78 is 20.3. The molecule has 208 valence electrons. The first-order valence-electron chi connectivity index (χ1n) is 12.8. The monoisotopic (exact) mass is 542 g/mol. The van der Waals surface area contributed by atoms with Gasteiger partial charge in [0.25, 0.3) is 0 Å². The second kappa shape index (κ2) is 12.4. The number of hydrogen-bond acceptors (Lipinski definition) is 7. The Kier molecular flexibility index (Phi) is 8.73. The fraction of sp³-hybridized carbons (Fsp3) is 0.258. The summed E-state index contributed by atoms with van der Waals surface area (Å²) >= 11 is 0. The van der Waals surface area contributed by atoms with Crippen molar-refractivity contribution in [3.63, 3.8) is 0 Å². The van der Waals surface area contributed by atoms with E-state index in [0.717, 1.165) is 22.5 Å². The smallest absolute Gasteiger partial charge is 0.315 e. The molecule has 0 radical (unpaired) electrons. The Morgan fingerprint density at radius 3 is 1.90 bits per heavy atom. The van der Waals surface area contributed by atoms with E-state index >= 15 is 0 Å². The Labute approximate surface area is 235 Å². The van der Waals surface area contributed by atoms with Crippen LogP contribution in [0.5, 0.6) is 17.2 Å². The highest BCUT2D eigenvalue weighted by Gasteiger charge is 2.26. The zero-order chi connectivity index (χ0) is 28.8. The van der Waals surface area contributed by atoms with E-state index in [9.17, 15) is 4.79 Å². The molecule has 0 bridgehead atoms. The Morgan fingerprint density at radius 2 is 1.40 bits per heavy atom. The lowest BCUT2D eigenvalue weighted by Crippen LogP contribution is -2.38. The third-order valence-corrected chi connectivity index (χ3v) is 6.56. The van der Waals surface area contributed by atoms with Crippen LogP contribution in [0.15, 0.2) is 78.2 Å². The minimum Gasteiger partial charge on any atom is -0.493 e. The van der Waals surface area contributed by atoms with Crippen LogP contribution in [0.25, 0.3) is 11.4 Å². The van der Waals surface area contributed by atoms with Gasteiger partial charge in [-0.05, 0) is 54.1 Å². The lowest BCUT2D eigenvalue weighted by Gasteiger charge is -2.13. The SMILES string of the molecule is COc1cc(-c2n(N=Cc3ccc(N(C)C)cc3)cc[n+]2CC(=O)c2ccc(N(C)C)cc2)cc(OC)c1OC. The van der Waals surface area contributed by atoms with Crippen LogP contribution < -0.4 is 28.6 Å². The highest BCUT2D eigenvalue weighted by molar-refractivity contribution is 5.95. The number of nitrogens with zero attached hydrogens (tertiary/aromatic N) is 5. The quantitative estimate of drug-likeness (QED) is 0.159. The topological polar surface area (TPSA) is 72.4 Å². The molecular formula is C31H36N5O4+. The molecule has 9 nitrogen and oxygen atoms in total. The van der Waals surface area contributed by atoms with Gasteiger partial charge in [0.05, 0.1) is 33.1 Å². The molecule has 0 unspecified atom stereocenters. The minimum atomic E-state index is -0.0231. The molecule has 40 heavy (non-hydrogen) atoms. The van der Waals surface area contributed by atoms with Crippen LogP contribution in [-0.2, 0) is 6.54 Å². The fourth-order valence-electron chi connectivity index (χ4n) is 4.32. The predicted octanol–water partition coefficient (Wildman–Crippen LogP) is 4.37. The number of anilines is 2. The number of Topliss-reactive ketones (excluding diaryl/α,β-unsaturated/α-hetero) is 1. The zero-order valence-electron chi connectivity index (χ0n) is 24.1. The summed E-state index contributed by atoms with van der Waals surface area (Å²) in [5.74, 6) is 2.15. The van der Waals surface area contributed by atoms with Crippen LogP contribution in [0.2, 0.25) is 0 Å². The van der Waals surface area contributed by atoms with Crippen LogP contribution in [0, 0.1) is 0 Å². The van der Waals surface area contributed by atoms with Crippen molar-refractivity contribution in [3.8, 4) is 28.6 Å². The Hall–Kier alpha value is -4.79. The molecule has 1 heterocycles. The predicted molar refractivity (Wildman–Crippen MR) is 159 cm³/mol. The number of carbonyl (C=O) groups is 1. The van der Waals surface area contributed by atoms with Crippen molar-refractivity contribution < 1.29 is 23.6 Å². The maximum Gasteiger partial charge on any atom is 0.315 e. The van der Waals surface area contributed by atoms with Crippen molar-refractivity contribution in [1.29, 1.82) is 0 Å². The van der Waals surface area contributed by atoms with E-state index < -0.39 is 0 Å². The van der Waals surface area contributed by atoms with E-state index in [4.69, 9.17) is 19.3 Å². The average Bonchev–Trinajstić information content (AvgIpc) is 3.37. The molecule has 4 aromatic rings. The van der Waals surface area contributed by atoms with Crippen LogP contribution >= 0.6 is 0 Å². The van der Waals surface area contributed by atoms with E-state index in [-0.39, 0.29) is 12.3 Å². The molecule has 0 saturated heterocycles. The van der Waals surface area contributed by atoms with Crippen molar-refractivity contribution in [3.05, 3.63) is 84.2 Å². The Balaban J connectivity index is 1.76. The van der Waals surface area contributed by atoms with Gasteiger partial charge in [-0.25, -0.2) is 4.57 Å². The van der Waals surface area contributed by atoms with Crippen molar-refractivity contribution >= 4 is 23.4 Å². The number of hydrogen-bond donors (Lipinski definition) is 0. The Bertz CT molecular complexity index is 1460. The van der Waals surface area contributed by atoms with Crippen LogP contribution in [-0.4, -0.2) is 66.2 Å². The molecule has 0 fully saturated rings. The van der Waals surface area contributed by atoms with Gasteiger partial charge in [0.2, 0.25) is 11.5 Å². The van der Waals surface area contributed by atoms with E-state index in [2.05, 4.69) is 0 Å². The second-order valence-electron chi connectivity index (χ2n) is 9.60. The summed E-state index contributed by atoms with van der Waals surface area (Å²) in [7, 11) is 12.7. The number of ether oxygens (including phenoxy) is 3. The molecular weight excluding hydrogens is 506 g/mol. The number of benzene rings is 3. The summed E-state index contributed by atoms with van der Waals surface area (Å²) in [4.78, 5) is 17.4. The van der Waals surface area contributed by atoms with Gasteiger partial charge in [-0.2, -0.15) is 0 Å². The van der Waals surface area contributed by atoms with Gasteiger partial charge in [-0.1, -0.05) is 17.2 Å². The number of rotatable bonds is 11. The molecule has 0 aliphatic carbocycles. The highest BCUT2D eigenvalue weighted by atomic mass is 16.5. The molecule has 0 N–H and O–H groups in total. The summed E-state index contributed by atoms with van der Waals surface area (Å²) in [6, 6.07) is 19.4. The lowest BCUT2D eigenvalue weighted by molar-refractivity contribution is -0.671. The minimum absolute atomic E-state index is 0.0231. The van der Waals surface area contributed by atoms with Gasteiger partial charge in [0.1, 0.15) is 6.20 Å². The maximum absolute atomic E-state index is 13.3. The number of aromatic nitrogens is 2. The zero-order valence-corrected chi connectivity index (χ0v) is 24.1. The van der Waals surface area contributed by atoms with E-state index in [1.54, 1.807) is 32.2 Å². The van der Waals surface area contributed by atoms with Crippen molar-refractivity contribution in [1.82, 2.24) is 4.68 Å². The van der Waals surface area contributed by atoms with Crippen molar-refractivity contribution in [2.75, 3.05) is 59.3 Å². The lowest BCUT2D eigenvalue weighted by atomic mass is 10.1. The molecule has 0 aliphatic heterocycles. The van der Waals surface area contributed by atoms with Crippen molar-refractivity contribution in [2.45, 2.75) is 6.54 Å². The van der Waals surface area contributed by atoms with Crippen LogP contribution in [0.4, 0.5) is 11.4 Å². The molecule has 0 spiro atoms. The molecule has 4 rings (SSSR count). The van der Waals surface area contributed by atoms with Gasteiger partial charge in [-0.3, -0.25) is 4.79 Å². The molecule has 0 amide bonds. The molecule has 3 aromatic carbocycles. The molecule has 1 aromatic heterocycles. The summed E-state index contributed by atoms with van der Waals surface area (Å²) in [5.41, 5.74) is 4.45. The molecule has 0 aliphatic rings. The van der Waals surface area contributed by atoms with Gasteiger partial charge in [-0.15, -0.1) is 4.68 Å². The standard InChI is InChI=1S/C31H36N5O4/c1-33(2)25-12-8-22(9-13-25)20-32-36-17-16-35(21-27(37)23-10-14-26(15-11-23)34(3)4)31(36)24-18-28(38-5)30(40-7)29(19-24)39-6/h8-20H,21H2,1-7H3/q+1. The van der Waals surface area contributed by atoms with Crippen molar-refractivity contribution in [2.24, 2.45) is 5.10 Å². The Morgan fingerprint density at radius 1 is 0.850 bits per heavy atom. The molecule has 9 heteroatoms. The maximum atomic E-state index is 13.3. The van der Waals surface area contributed by atoms with E-state index in [1.807, 2.05) is 116 Å². The van der Waals surface area contributed by atoms with Crippen LogP contribution in [0.1, 0.15) is 15.9 Å². The highest BCUT2D eigenvalue weighted by Crippen LogP contribution is 2.40. The third kappa shape index (κ3) is 6.09. The first-order valence-corrected chi connectivity index (χ1v) is 12.8. The van der Waals surface area contributed by atoms with E-state index in [1.165, 1.54) is 0 Å². The normalized spacial score (nSPS) is 11.0. The summed E-state index contributed by atoms with van der Waals surface area (Å²) in [6.07, 6.45) is 5.45. The first-order chi connectivity index (χ1) is 19.2. The van der Waals surface area contributed by atoms with Gasteiger partial charge < -0.3 is 24.0 Å². The number of imidazole rings is 1. The molecule has 0 atom stereocenters. The number of carbonyl (C=O) groups excluding carboxylic acids is 1. The van der Waals surface area contributed by atoms with Crippen LogP contribution in [0.3, 0.4) is 0 Å². The summed E-state index contributed by atoms with van der Waals surface area (Å²) in [5, 5.41) is 4.74. The number of ketones is 1. The average molecular weight is 543 g/mol. The molecule has 0 saturated carbocycles. The van der Waals surface area contributed by atoms with Gasteiger partial charge in [0, 0.05) is 45.1 Å². The van der Waals surface area contributed by atoms with Gasteiger partial charge >= 0.3 is 5.82 Å². The largest absolute Gasteiger partial charge is 0.493 e. The number of methoxy groups -OCH3 is 3. The first kappa shape index (κ1) is 28.2. The second-order valence-corrected chi connectivity index (χ2v) is 9.60. The summed E-state index contributed by atoms with van der Waals surface area (Å²) in [6.45, 7) is 0.118. The fourth-order valence-corrected chi connectivity index (χ4v) is 4.32. The van der Waals surface area contributed by atoms with Gasteiger partial charge in [0.15, 0.2) is 24.2 Å². The third-order valence-electron chi connectivity index (χ3n) is 6.56. The van der Waals surface area contributed by atoms with E-state index in [0.29, 0.717) is 28.6 Å².